The van der Waals surface area contributed by atoms with Crippen LogP contribution < -0.4 is 5.73 Å². The zero-order chi connectivity index (χ0) is 9.61. The van der Waals surface area contributed by atoms with E-state index in [1.807, 2.05) is 20.8 Å². The number of esters is 1. The molecule has 3 nitrogen and oxygen atoms in total. The Hall–Kier alpha value is -0.570. The third-order valence-corrected chi connectivity index (χ3v) is 1.46. The van der Waals surface area contributed by atoms with Crippen LogP contribution in [0.2, 0.25) is 0 Å². The normalized spacial score (nSPS) is 11.3. The fourth-order valence-corrected chi connectivity index (χ4v) is 0.704. The third-order valence-electron chi connectivity index (χ3n) is 1.46. The van der Waals surface area contributed by atoms with Gasteiger partial charge in [-0.1, -0.05) is 6.92 Å². The van der Waals surface area contributed by atoms with Crippen molar-refractivity contribution in [2.24, 2.45) is 5.73 Å². The van der Waals surface area contributed by atoms with Gasteiger partial charge in [0.1, 0.15) is 0 Å². The lowest BCUT2D eigenvalue weighted by atomic mass is 10.0. The predicted molar refractivity (Wildman–Crippen MR) is 48.8 cm³/mol. The van der Waals surface area contributed by atoms with E-state index in [4.69, 9.17) is 10.5 Å². The van der Waals surface area contributed by atoms with Crippen LogP contribution in [0.25, 0.3) is 0 Å². The summed E-state index contributed by atoms with van der Waals surface area (Å²) in [5.74, 6) is -0.123. The average molecular weight is 173 g/mol. The molecule has 0 aliphatic rings. The first-order valence-electron chi connectivity index (χ1n) is 4.40. The van der Waals surface area contributed by atoms with Crippen molar-refractivity contribution in [3.05, 3.63) is 0 Å². The molecule has 0 aliphatic heterocycles. The first-order valence-corrected chi connectivity index (χ1v) is 4.40. The van der Waals surface area contributed by atoms with Crippen LogP contribution in [0.4, 0.5) is 0 Å². The molecule has 0 heterocycles. The highest BCUT2D eigenvalue weighted by Gasteiger charge is 2.11. The first-order chi connectivity index (χ1) is 5.45. The van der Waals surface area contributed by atoms with Crippen molar-refractivity contribution in [3.63, 3.8) is 0 Å². The van der Waals surface area contributed by atoms with Gasteiger partial charge in [0.15, 0.2) is 0 Å². The number of ether oxygens (including phenoxy) is 1. The molecule has 0 radical (unpaired) electrons. The average Bonchev–Trinajstić information content (AvgIpc) is 1.84. The molecule has 0 saturated carbocycles. The van der Waals surface area contributed by atoms with Crippen molar-refractivity contribution in [2.45, 2.75) is 45.6 Å². The highest BCUT2D eigenvalue weighted by molar-refractivity contribution is 5.69. The lowest BCUT2D eigenvalue weighted by molar-refractivity contribution is -0.144. The lowest BCUT2D eigenvalue weighted by Gasteiger charge is -2.17. The van der Waals surface area contributed by atoms with E-state index in [2.05, 4.69) is 0 Å². The molecule has 0 fully saturated rings. The molecule has 0 bridgehead atoms. The van der Waals surface area contributed by atoms with Crippen LogP contribution in [0.5, 0.6) is 0 Å². The van der Waals surface area contributed by atoms with Gasteiger partial charge in [-0.05, 0) is 26.7 Å². The van der Waals surface area contributed by atoms with E-state index in [-0.39, 0.29) is 11.5 Å². The Kier molecular flexibility index (Phi) is 4.90. The van der Waals surface area contributed by atoms with Gasteiger partial charge in [0.2, 0.25) is 0 Å². The van der Waals surface area contributed by atoms with Gasteiger partial charge in [-0.2, -0.15) is 0 Å². The van der Waals surface area contributed by atoms with Gasteiger partial charge in [-0.15, -0.1) is 0 Å². The van der Waals surface area contributed by atoms with Crippen LogP contribution in [0.3, 0.4) is 0 Å². The van der Waals surface area contributed by atoms with Crippen LogP contribution in [-0.2, 0) is 9.53 Å². The van der Waals surface area contributed by atoms with Crippen molar-refractivity contribution in [3.8, 4) is 0 Å². The number of carbonyl (C=O) groups is 1. The molecule has 72 valence electrons. The SMILES string of the molecule is CCCC(=O)OCCC(C)(C)N. The maximum absolute atomic E-state index is 10.9. The number of hydrogen-bond acceptors (Lipinski definition) is 3. The molecule has 0 saturated heterocycles. The molecule has 0 rings (SSSR count). The van der Waals surface area contributed by atoms with Crippen LogP contribution in [0.1, 0.15) is 40.0 Å². The molecule has 0 aliphatic carbocycles. The van der Waals surface area contributed by atoms with E-state index in [0.29, 0.717) is 19.4 Å². The maximum Gasteiger partial charge on any atom is 0.305 e. The summed E-state index contributed by atoms with van der Waals surface area (Å²) in [6.45, 7) is 6.22. The molecule has 0 aromatic carbocycles. The summed E-state index contributed by atoms with van der Waals surface area (Å²) in [5, 5.41) is 0. The monoisotopic (exact) mass is 173 g/mol. The Labute approximate surface area is 74.3 Å². The summed E-state index contributed by atoms with van der Waals surface area (Å²) in [7, 11) is 0. The van der Waals surface area contributed by atoms with E-state index in [1.54, 1.807) is 0 Å². The number of rotatable bonds is 5. The van der Waals surface area contributed by atoms with Gasteiger partial charge >= 0.3 is 5.97 Å². The topological polar surface area (TPSA) is 52.3 Å². The largest absolute Gasteiger partial charge is 0.466 e. The molecule has 0 atom stereocenters. The quantitative estimate of drug-likeness (QED) is 0.640. The van der Waals surface area contributed by atoms with E-state index in [0.717, 1.165) is 6.42 Å². The standard InChI is InChI=1S/C9H19NO2/c1-4-5-8(11)12-7-6-9(2,3)10/h4-7,10H2,1-3H3. The van der Waals surface area contributed by atoms with E-state index in [1.165, 1.54) is 0 Å². The van der Waals surface area contributed by atoms with E-state index in [9.17, 15) is 4.79 Å². The number of carbonyl (C=O) groups excluding carboxylic acids is 1. The van der Waals surface area contributed by atoms with Gasteiger partial charge < -0.3 is 10.5 Å². The van der Waals surface area contributed by atoms with Crippen LogP contribution in [0.15, 0.2) is 0 Å². The molecular weight excluding hydrogens is 154 g/mol. The number of hydrogen-bond donors (Lipinski definition) is 1. The van der Waals surface area contributed by atoms with Gasteiger partial charge in [-0.25, -0.2) is 0 Å². The van der Waals surface area contributed by atoms with Crippen molar-refractivity contribution in [1.29, 1.82) is 0 Å². The fraction of sp³-hybridized carbons (Fsp3) is 0.889. The molecule has 0 amide bonds. The smallest absolute Gasteiger partial charge is 0.305 e. The van der Waals surface area contributed by atoms with E-state index >= 15 is 0 Å². The minimum Gasteiger partial charge on any atom is -0.466 e. The molecule has 0 unspecified atom stereocenters. The minimum atomic E-state index is -0.244. The maximum atomic E-state index is 10.9. The molecule has 0 spiro atoms. The molecule has 0 aromatic heterocycles. The Morgan fingerprint density at radius 2 is 2.08 bits per heavy atom. The number of nitrogens with two attached hydrogens (primary N) is 1. The van der Waals surface area contributed by atoms with Crippen LogP contribution in [-0.4, -0.2) is 18.1 Å². The van der Waals surface area contributed by atoms with Crippen molar-refractivity contribution >= 4 is 5.97 Å². The second-order valence-electron chi connectivity index (χ2n) is 3.71. The Morgan fingerprint density at radius 3 is 2.50 bits per heavy atom. The van der Waals surface area contributed by atoms with Gasteiger partial charge in [-0.3, -0.25) is 4.79 Å². The van der Waals surface area contributed by atoms with E-state index < -0.39 is 0 Å². The van der Waals surface area contributed by atoms with Gasteiger partial charge in [0, 0.05) is 12.0 Å². The fourth-order valence-electron chi connectivity index (χ4n) is 0.704. The van der Waals surface area contributed by atoms with Crippen molar-refractivity contribution in [1.82, 2.24) is 0 Å². The van der Waals surface area contributed by atoms with Crippen LogP contribution in [0, 0.1) is 0 Å². The summed E-state index contributed by atoms with van der Waals surface area (Å²) >= 11 is 0. The van der Waals surface area contributed by atoms with Gasteiger partial charge in [0.05, 0.1) is 6.61 Å². The third kappa shape index (κ3) is 7.54. The zero-order valence-electron chi connectivity index (χ0n) is 8.22. The Balaban J connectivity index is 3.37. The summed E-state index contributed by atoms with van der Waals surface area (Å²) < 4.78 is 4.94. The lowest BCUT2D eigenvalue weighted by Crippen LogP contribution is -2.33. The molecule has 2 N–H and O–H groups in total. The second kappa shape index (κ2) is 5.14. The van der Waals surface area contributed by atoms with Crippen LogP contribution >= 0.6 is 0 Å². The summed E-state index contributed by atoms with van der Waals surface area (Å²) in [4.78, 5) is 10.9. The Morgan fingerprint density at radius 1 is 1.50 bits per heavy atom. The summed E-state index contributed by atoms with van der Waals surface area (Å²) in [6.07, 6.45) is 2.05. The summed E-state index contributed by atoms with van der Waals surface area (Å²) in [6, 6.07) is 0. The Bertz CT molecular complexity index is 138. The predicted octanol–water partition coefficient (Wildman–Crippen LogP) is 1.46. The molecule has 3 heteroatoms. The van der Waals surface area contributed by atoms with Crippen molar-refractivity contribution in [2.75, 3.05) is 6.61 Å². The highest BCUT2D eigenvalue weighted by Crippen LogP contribution is 2.03. The molecule has 0 aromatic rings. The first kappa shape index (κ1) is 11.4. The highest BCUT2D eigenvalue weighted by atomic mass is 16.5. The molecule has 12 heavy (non-hydrogen) atoms. The minimum absolute atomic E-state index is 0.123. The second-order valence-corrected chi connectivity index (χ2v) is 3.71. The summed E-state index contributed by atoms with van der Waals surface area (Å²) in [5.41, 5.74) is 5.46. The van der Waals surface area contributed by atoms with Gasteiger partial charge in [0.25, 0.3) is 0 Å². The van der Waals surface area contributed by atoms with Crippen molar-refractivity contribution < 1.29 is 9.53 Å². The zero-order valence-corrected chi connectivity index (χ0v) is 8.22. The molecular formula is C9H19NO2.